The van der Waals surface area contributed by atoms with Crippen molar-refractivity contribution in [3.8, 4) is 17.0 Å². The lowest BCUT2D eigenvalue weighted by Crippen LogP contribution is -2.30. The van der Waals surface area contributed by atoms with Crippen LogP contribution in [0.25, 0.3) is 22.2 Å². The van der Waals surface area contributed by atoms with E-state index in [0.29, 0.717) is 0 Å². The van der Waals surface area contributed by atoms with Crippen LogP contribution >= 0.6 is 11.8 Å². The first-order valence-corrected chi connectivity index (χ1v) is 15.1. The molecule has 0 radical (unpaired) electrons. The predicted octanol–water partition coefficient (Wildman–Crippen LogP) is 8.04. The van der Waals surface area contributed by atoms with Crippen LogP contribution in [0.2, 0.25) is 0 Å². The quantitative estimate of drug-likeness (QED) is 0.212. The molecule has 192 valence electrons. The third kappa shape index (κ3) is 5.61. The minimum atomic E-state index is 0.809. The number of rotatable bonds is 9. The summed E-state index contributed by atoms with van der Waals surface area (Å²) in [6, 6.07) is 26.6. The van der Waals surface area contributed by atoms with Crippen molar-refractivity contribution >= 4 is 22.7 Å². The van der Waals surface area contributed by atoms with Gasteiger partial charge in [-0.15, -0.1) is 11.8 Å². The van der Waals surface area contributed by atoms with Gasteiger partial charge >= 0.3 is 0 Å². The number of nitrogens with zero attached hydrogens (tertiary/aromatic N) is 2. The zero-order valence-electron chi connectivity index (χ0n) is 21.8. The van der Waals surface area contributed by atoms with Gasteiger partial charge in [0.05, 0.1) is 12.3 Å². The molecule has 0 bridgehead atoms. The summed E-state index contributed by atoms with van der Waals surface area (Å²) in [7, 11) is 0. The van der Waals surface area contributed by atoms with E-state index in [4.69, 9.17) is 4.74 Å². The number of para-hydroxylation sites is 1. The summed E-state index contributed by atoms with van der Waals surface area (Å²) in [5.41, 5.74) is 6.90. The first-order chi connectivity index (χ1) is 18.4. The maximum atomic E-state index is 6.09. The van der Waals surface area contributed by atoms with Gasteiger partial charge in [-0.05, 0) is 93.6 Å². The first-order valence-electron chi connectivity index (χ1n) is 14.1. The molecular formula is C33H38N2OS. The molecule has 0 amide bonds. The van der Waals surface area contributed by atoms with Crippen molar-refractivity contribution < 1.29 is 4.74 Å². The Morgan fingerprint density at radius 1 is 0.784 bits per heavy atom. The molecule has 1 fully saturated rings. The second-order valence-electron chi connectivity index (χ2n) is 10.5. The van der Waals surface area contributed by atoms with Gasteiger partial charge in [-0.25, -0.2) is 0 Å². The van der Waals surface area contributed by atoms with Crippen LogP contribution in [0.5, 0.6) is 5.75 Å². The Morgan fingerprint density at radius 3 is 2.49 bits per heavy atom. The molecule has 0 atom stereocenters. The van der Waals surface area contributed by atoms with E-state index in [1.807, 2.05) is 11.8 Å². The van der Waals surface area contributed by atoms with E-state index in [1.54, 1.807) is 0 Å². The Bertz CT molecular complexity index is 1320. The summed E-state index contributed by atoms with van der Waals surface area (Å²) in [6.07, 6.45) is 8.96. The molecule has 37 heavy (non-hydrogen) atoms. The van der Waals surface area contributed by atoms with Gasteiger partial charge in [-0.3, -0.25) is 0 Å². The highest BCUT2D eigenvalue weighted by Crippen LogP contribution is 2.42. The first kappa shape index (κ1) is 24.6. The zero-order valence-corrected chi connectivity index (χ0v) is 22.6. The van der Waals surface area contributed by atoms with E-state index in [1.165, 1.54) is 89.9 Å². The fraction of sp³-hybridized carbons (Fsp3) is 0.394. The van der Waals surface area contributed by atoms with Gasteiger partial charge in [-0.1, -0.05) is 55.0 Å². The van der Waals surface area contributed by atoms with Crippen LogP contribution in [0.15, 0.2) is 77.7 Å². The lowest BCUT2D eigenvalue weighted by Gasteiger charge is -2.26. The van der Waals surface area contributed by atoms with Crippen LogP contribution in [0, 0.1) is 0 Å². The van der Waals surface area contributed by atoms with Gasteiger partial charge in [0.25, 0.3) is 0 Å². The topological polar surface area (TPSA) is 17.4 Å². The normalized spacial score (nSPS) is 15.8. The maximum Gasteiger partial charge on any atom is 0.119 e. The number of hydrogen-bond donors (Lipinski definition) is 0. The molecule has 2 aliphatic rings. The highest BCUT2D eigenvalue weighted by atomic mass is 32.2. The number of fused-ring (bicyclic) bond motifs is 5. The minimum Gasteiger partial charge on any atom is -0.494 e. The fourth-order valence-electron chi connectivity index (χ4n) is 6.01. The molecule has 0 unspecified atom stereocenters. The monoisotopic (exact) mass is 510 g/mol. The maximum absolute atomic E-state index is 6.09. The number of aromatic nitrogens is 1. The van der Waals surface area contributed by atoms with Crippen LogP contribution in [0.3, 0.4) is 0 Å². The molecular weight excluding hydrogens is 472 g/mol. The number of ether oxygens (including phenoxy) is 1. The van der Waals surface area contributed by atoms with Crippen molar-refractivity contribution in [2.24, 2.45) is 0 Å². The molecule has 3 nitrogen and oxygen atoms in total. The molecule has 2 aliphatic heterocycles. The van der Waals surface area contributed by atoms with Crippen LogP contribution in [-0.2, 0) is 13.0 Å². The van der Waals surface area contributed by atoms with E-state index in [2.05, 4.69) is 82.3 Å². The number of likely N-dealkylation sites (tertiary alicyclic amines) is 1. The molecule has 0 spiro atoms. The zero-order chi connectivity index (χ0) is 24.9. The lowest BCUT2D eigenvalue weighted by atomic mass is 10.0. The Kier molecular flexibility index (Phi) is 7.85. The smallest absolute Gasteiger partial charge is 0.119 e. The Hall–Kier alpha value is -2.69. The number of unbranched alkanes of at least 4 members (excludes halogenated alkanes) is 2. The number of hydrogen-bond acceptors (Lipinski definition) is 3. The van der Waals surface area contributed by atoms with Gasteiger partial charge in [0.1, 0.15) is 5.75 Å². The van der Waals surface area contributed by atoms with Crippen molar-refractivity contribution in [1.82, 2.24) is 9.47 Å². The molecule has 1 saturated heterocycles. The molecule has 1 aromatic heterocycles. The summed E-state index contributed by atoms with van der Waals surface area (Å²) in [5, 5.41) is 1.40. The summed E-state index contributed by atoms with van der Waals surface area (Å²) in [4.78, 5) is 4.03. The Morgan fingerprint density at radius 2 is 1.59 bits per heavy atom. The van der Waals surface area contributed by atoms with Gasteiger partial charge in [0.15, 0.2) is 0 Å². The molecule has 0 aliphatic carbocycles. The number of benzene rings is 3. The molecule has 3 aromatic carbocycles. The third-order valence-electron chi connectivity index (χ3n) is 7.93. The van der Waals surface area contributed by atoms with Crippen LogP contribution in [-0.4, -0.2) is 41.5 Å². The summed E-state index contributed by atoms with van der Waals surface area (Å²) in [5.74, 6) is 2.11. The average Bonchev–Trinajstić information content (AvgIpc) is 3.11. The van der Waals surface area contributed by atoms with E-state index in [0.717, 1.165) is 37.5 Å². The third-order valence-corrected chi connectivity index (χ3v) is 9.00. The average molecular weight is 511 g/mol. The van der Waals surface area contributed by atoms with Gasteiger partial charge in [0.2, 0.25) is 0 Å². The van der Waals surface area contributed by atoms with Gasteiger partial charge in [0, 0.05) is 33.7 Å². The minimum absolute atomic E-state index is 0.809. The Balaban J connectivity index is 1.12. The van der Waals surface area contributed by atoms with Crippen molar-refractivity contribution in [2.75, 3.05) is 32.0 Å². The molecule has 4 aromatic rings. The number of piperidine rings is 1. The largest absolute Gasteiger partial charge is 0.494 e. The van der Waals surface area contributed by atoms with Crippen LogP contribution in [0.4, 0.5) is 0 Å². The molecule has 0 saturated carbocycles. The molecule has 3 heterocycles. The van der Waals surface area contributed by atoms with E-state index < -0.39 is 0 Å². The summed E-state index contributed by atoms with van der Waals surface area (Å²) < 4.78 is 8.62. The summed E-state index contributed by atoms with van der Waals surface area (Å²) in [6.45, 7) is 5.54. The van der Waals surface area contributed by atoms with Crippen molar-refractivity contribution in [1.29, 1.82) is 0 Å². The van der Waals surface area contributed by atoms with Crippen LogP contribution in [0.1, 0.15) is 49.7 Å². The second kappa shape index (κ2) is 11.8. The highest BCUT2D eigenvalue weighted by Gasteiger charge is 2.23. The van der Waals surface area contributed by atoms with Crippen LogP contribution < -0.4 is 4.74 Å². The highest BCUT2D eigenvalue weighted by molar-refractivity contribution is 7.99. The number of thioether (sulfide) groups is 1. The van der Waals surface area contributed by atoms with E-state index in [9.17, 15) is 0 Å². The molecule has 4 heteroatoms. The van der Waals surface area contributed by atoms with E-state index in [-0.39, 0.29) is 0 Å². The van der Waals surface area contributed by atoms with Crippen molar-refractivity contribution in [2.45, 2.75) is 56.4 Å². The van der Waals surface area contributed by atoms with E-state index >= 15 is 0 Å². The molecule has 6 rings (SSSR count). The fourth-order valence-corrected chi connectivity index (χ4v) is 7.03. The second-order valence-corrected chi connectivity index (χ2v) is 11.6. The lowest BCUT2D eigenvalue weighted by molar-refractivity contribution is 0.221. The molecule has 0 N–H and O–H groups in total. The SMILES string of the molecule is c1ccc2c(c1)SCCc1c-2n(Cc2ccc(OCCCCCN3CCCCC3)cc2)c2ccccc12. The van der Waals surface area contributed by atoms with Crippen molar-refractivity contribution in [3.63, 3.8) is 0 Å². The number of aryl methyl sites for hydroxylation is 1. The van der Waals surface area contributed by atoms with Crippen molar-refractivity contribution in [3.05, 3.63) is 83.9 Å². The predicted molar refractivity (Wildman–Crippen MR) is 157 cm³/mol. The van der Waals surface area contributed by atoms with Gasteiger partial charge < -0.3 is 14.2 Å². The summed E-state index contributed by atoms with van der Waals surface area (Å²) >= 11 is 1.98. The van der Waals surface area contributed by atoms with Gasteiger partial charge in [-0.2, -0.15) is 0 Å². The standard InChI is InChI=1S/C33H38N2OS/c1-7-20-34(21-8-1)22-9-2-10-23-36-27-17-15-26(16-18-27)25-35-31-13-5-3-11-28(31)29-19-24-37-32-14-6-4-12-30(32)33(29)35/h3-6,11-18H,1-2,7-10,19-25H2. The Labute approximate surface area is 225 Å².